The molecule has 1 saturated heterocycles. The minimum atomic E-state index is 0.397. The second-order valence-electron chi connectivity index (χ2n) is 5.59. The lowest BCUT2D eigenvalue weighted by atomic mass is 10.0. The van der Waals surface area contributed by atoms with E-state index < -0.39 is 0 Å². The number of hydrogen-bond acceptors (Lipinski definition) is 4. The van der Waals surface area contributed by atoms with Gasteiger partial charge in [0.1, 0.15) is 11.5 Å². The van der Waals surface area contributed by atoms with E-state index in [0.717, 1.165) is 31.0 Å². The average molecular weight is 298 g/mol. The van der Waals surface area contributed by atoms with Gasteiger partial charge in [0.2, 0.25) is 0 Å². The highest BCUT2D eigenvalue weighted by molar-refractivity contribution is 5.43. The predicted octanol–water partition coefficient (Wildman–Crippen LogP) is 3.44. The van der Waals surface area contributed by atoms with E-state index in [1.807, 2.05) is 24.5 Å². The molecule has 0 N–H and O–H groups in total. The number of pyridine rings is 1. The molecule has 3 rings (SSSR count). The number of nitrogens with zero attached hydrogens (tertiary/aromatic N) is 2. The summed E-state index contributed by atoms with van der Waals surface area (Å²) in [6.45, 7) is 2.06. The van der Waals surface area contributed by atoms with Crippen LogP contribution in [-0.4, -0.2) is 30.6 Å². The van der Waals surface area contributed by atoms with Gasteiger partial charge in [0.15, 0.2) is 0 Å². The van der Waals surface area contributed by atoms with Crippen LogP contribution in [0.3, 0.4) is 0 Å². The van der Waals surface area contributed by atoms with Gasteiger partial charge < -0.3 is 9.47 Å². The molecule has 1 fully saturated rings. The monoisotopic (exact) mass is 298 g/mol. The highest BCUT2D eigenvalue weighted by atomic mass is 16.5. The molecular formula is C18H22N2O2. The molecule has 116 valence electrons. The van der Waals surface area contributed by atoms with Crippen molar-refractivity contribution in [2.45, 2.75) is 25.4 Å². The fraction of sp³-hybridized carbons (Fsp3) is 0.389. The van der Waals surface area contributed by atoms with Gasteiger partial charge in [-0.25, -0.2) is 0 Å². The van der Waals surface area contributed by atoms with E-state index in [4.69, 9.17) is 9.47 Å². The maximum atomic E-state index is 5.58. The van der Waals surface area contributed by atoms with Gasteiger partial charge in [-0.2, -0.15) is 0 Å². The maximum absolute atomic E-state index is 5.58. The van der Waals surface area contributed by atoms with Gasteiger partial charge in [-0.15, -0.1) is 0 Å². The third kappa shape index (κ3) is 3.07. The summed E-state index contributed by atoms with van der Waals surface area (Å²) in [4.78, 5) is 6.60. The van der Waals surface area contributed by atoms with Gasteiger partial charge >= 0.3 is 0 Å². The molecular weight excluding hydrogens is 276 g/mol. The van der Waals surface area contributed by atoms with Crippen LogP contribution >= 0.6 is 0 Å². The molecule has 1 atom stereocenters. The molecule has 1 aliphatic heterocycles. The van der Waals surface area contributed by atoms with E-state index in [9.17, 15) is 0 Å². The topological polar surface area (TPSA) is 34.6 Å². The molecule has 0 amide bonds. The first kappa shape index (κ1) is 14.9. The minimum Gasteiger partial charge on any atom is -0.497 e. The van der Waals surface area contributed by atoms with Crippen LogP contribution in [0.5, 0.6) is 11.5 Å². The van der Waals surface area contributed by atoms with E-state index in [2.05, 4.69) is 28.1 Å². The summed E-state index contributed by atoms with van der Waals surface area (Å²) >= 11 is 0. The Kier molecular flexibility index (Phi) is 4.59. The molecule has 1 aliphatic rings. The van der Waals surface area contributed by atoms with Crippen molar-refractivity contribution in [3.05, 3.63) is 53.9 Å². The van der Waals surface area contributed by atoms with E-state index in [0.29, 0.717) is 6.04 Å². The molecule has 22 heavy (non-hydrogen) atoms. The van der Waals surface area contributed by atoms with Crippen LogP contribution in [0.4, 0.5) is 0 Å². The third-order valence-corrected chi connectivity index (χ3v) is 4.30. The van der Waals surface area contributed by atoms with Crippen LogP contribution in [0.15, 0.2) is 42.7 Å². The number of hydrogen-bond donors (Lipinski definition) is 0. The molecule has 2 aromatic rings. The largest absolute Gasteiger partial charge is 0.497 e. The van der Waals surface area contributed by atoms with Crippen molar-refractivity contribution >= 4 is 0 Å². The molecule has 0 saturated carbocycles. The minimum absolute atomic E-state index is 0.397. The third-order valence-electron chi connectivity index (χ3n) is 4.30. The van der Waals surface area contributed by atoms with Crippen molar-refractivity contribution in [2.75, 3.05) is 20.8 Å². The van der Waals surface area contributed by atoms with Crippen LogP contribution in [-0.2, 0) is 6.54 Å². The number of methoxy groups -OCH3 is 2. The number of aromatic nitrogens is 1. The first-order valence-corrected chi connectivity index (χ1v) is 7.66. The van der Waals surface area contributed by atoms with Crippen molar-refractivity contribution in [1.29, 1.82) is 0 Å². The summed E-state index contributed by atoms with van der Waals surface area (Å²) in [5, 5.41) is 0. The van der Waals surface area contributed by atoms with Crippen molar-refractivity contribution in [3.63, 3.8) is 0 Å². The first-order valence-electron chi connectivity index (χ1n) is 7.66. The predicted molar refractivity (Wildman–Crippen MR) is 86.2 cm³/mol. The summed E-state index contributed by atoms with van der Waals surface area (Å²) in [6, 6.07) is 10.7. The molecule has 1 aromatic heterocycles. The Hall–Kier alpha value is -2.07. The van der Waals surface area contributed by atoms with E-state index >= 15 is 0 Å². The standard InChI is InChI=1S/C18H22N2O2/c1-21-15-5-6-16(18(12-15)22-2)17-4-3-11-20(17)13-14-7-9-19-10-8-14/h5-10,12,17H,3-4,11,13H2,1-2H3. The molecule has 0 bridgehead atoms. The van der Waals surface area contributed by atoms with Crippen molar-refractivity contribution in [1.82, 2.24) is 9.88 Å². The zero-order valence-corrected chi connectivity index (χ0v) is 13.2. The molecule has 1 unspecified atom stereocenters. The summed E-state index contributed by atoms with van der Waals surface area (Å²) in [7, 11) is 3.40. The van der Waals surface area contributed by atoms with Crippen LogP contribution in [0.25, 0.3) is 0 Å². The zero-order valence-electron chi connectivity index (χ0n) is 13.2. The SMILES string of the molecule is COc1ccc(C2CCCN2Cc2ccncc2)c(OC)c1. The highest BCUT2D eigenvalue weighted by Crippen LogP contribution is 2.39. The summed E-state index contributed by atoms with van der Waals surface area (Å²) < 4.78 is 10.9. The molecule has 0 aliphatic carbocycles. The molecule has 4 heteroatoms. The Labute approximate surface area is 131 Å². The maximum Gasteiger partial charge on any atom is 0.127 e. The van der Waals surface area contributed by atoms with Gasteiger partial charge in [-0.3, -0.25) is 9.88 Å². The van der Waals surface area contributed by atoms with E-state index in [-0.39, 0.29) is 0 Å². The number of benzene rings is 1. The Morgan fingerprint density at radius 2 is 1.95 bits per heavy atom. The Morgan fingerprint density at radius 3 is 2.68 bits per heavy atom. The van der Waals surface area contributed by atoms with Crippen molar-refractivity contribution in [2.24, 2.45) is 0 Å². The van der Waals surface area contributed by atoms with Crippen molar-refractivity contribution in [3.8, 4) is 11.5 Å². The van der Waals surface area contributed by atoms with Crippen LogP contribution in [0.2, 0.25) is 0 Å². The first-order chi connectivity index (χ1) is 10.8. The van der Waals surface area contributed by atoms with Crippen molar-refractivity contribution < 1.29 is 9.47 Å². The summed E-state index contributed by atoms with van der Waals surface area (Å²) in [5.74, 6) is 1.74. The van der Waals surface area contributed by atoms with Gasteiger partial charge in [-0.1, -0.05) is 6.07 Å². The summed E-state index contributed by atoms with van der Waals surface area (Å²) in [5.41, 5.74) is 2.55. The summed E-state index contributed by atoms with van der Waals surface area (Å²) in [6.07, 6.45) is 6.08. The Morgan fingerprint density at radius 1 is 1.14 bits per heavy atom. The fourth-order valence-electron chi connectivity index (χ4n) is 3.18. The lowest BCUT2D eigenvalue weighted by molar-refractivity contribution is 0.242. The lowest BCUT2D eigenvalue weighted by Gasteiger charge is -2.26. The van der Waals surface area contributed by atoms with Gasteiger partial charge in [0.05, 0.1) is 14.2 Å². The molecule has 0 radical (unpaired) electrons. The molecule has 1 aromatic carbocycles. The van der Waals surface area contributed by atoms with Crippen LogP contribution in [0, 0.1) is 0 Å². The zero-order chi connectivity index (χ0) is 15.4. The van der Waals surface area contributed by atoms with Gasteiger partial charge in [0, 0.05) is 36.6 Å². The highest BCUT2D eigenvalue weighted by Gasteiger charge is 2.28. The average Bonchev–Trinajstić information content (AvgIpc) is 3.03. The molecule has 4 nitrogen and oxygen atoms in total. The van der Waals surface area contributed by atoms with Gasteiger partial charge in [-0.05, 0) is 43.1 Å². The number of ether oxygens (including phenoxy) is 2. The smallest absolute Gasteiger partial charge is 0.127 e. The van der Waals surface area contributed by atoms with E-state index in [1.54, 1.807) is 14.2 Å². The number of rotatable bonds is 5. The normalized spacial score (nSPS) is 18.4. The second kappa shape index (κ2) is 6.79. The Balaban J connectivity index is 1.83. The van der Waals surface area contributed by atoms with Crippen LogP contribution in [0.1, 0.15) is 30.0 Å². The quantitative estimate of drug-likeness (QED) is 0.847. The lowest BCUT2D eigenvalue weighted by Crippen LogP contribution is -2.23. The molecule has 0 spiro atoms. The van der Waals surface area contributed by atoms with Crippen LogP contribution < -0.4 is 9.47 Å². The molecule has 2 heterocycles. The number of likely N-dealkylation sites (tertiary alicyclic amines) is 1. The second-order valence-corrected chi connectivity index (χ2v) is 5.59. The Bertz CT molecular complexity index is 616. The van der Waals surface area contributed by atoms with E-state index in [1.165, 1.54) is 17.5 Å². The fourth-order valence-corrected chi connectivity index (χ4v) is 3.18. The van der Waals surface area contributed by atoms with Gasteiger partial charge in [0.25, 0.3) is 0 Å².